The number of para-hydroxylation sites is 2. The largest absolute Gasteiger partial charge is 0.490 e. The van der Waals surface area contributed by atoms with Crippen LogP contribution in [-0.2, 0) is 0 Å². The van der Waals surface area contributed by atoms with Crippen LogP contribution in [-0.4, -0.2) is 19.1 Å². The van der Waals surface area contributed by atoms with E-state index in [1.807, 2.05) is 24.3 Å². The first-order chi connectivity index (χ1) is 9.66. The Morgan fingerprint density at radius 3 is 2.85 bits per heavy atom. The zero-order valence-corrected chi connectivity index (χ0v) is 11.4. The number of ether oxygens (including phenoxy) is 1. The molecule has 2 N–H and O–H groups in total. The van der Waals surface area contributed by atoms with Crippen molar-refractivity contribution in [3.63, 3.8) is 0 Å². The van der Waals surface area contributed by atoms with Crippen molar-refractivity contribution in [1.29, 1.82) is 0 Å². The lowest BCUT2D eigenvalue weighted by Crippen LogP contribution is -2.37. The van der Waals surface area contributed by atoms with E-state index in [9.17, 15) is 4.79 Å². The predicted octanol–water partition coefficient (Wildman–Crippen LogP) is 2.96. The van der Waals surface area contributed by atoms with Gasteiger partial charge in [0.1, 0.15) is 12.4 Å². The fraction of sp³-hybridized carbons (Fsp3) is 0.133. The Labute approximate surface area is 121 Å². The zero-order chi connectivity index (χ0) is 14.1. The molecule has 0 unspecified atom stereocenters. The summed E-state index contributed by atoms with van der Waals surface area (Å²) in [5, 5.41) is 0.386. The van der Waals surface area contributed by atoms with Crippen molar-refractivity contribution in [2.45, 2.75) is 0 Å². The molecule has 0 aliphatic carbocycles. The number of fused-ring (bicyclic) bond motifs is 1. The van der Waals surface area contributed by atoms with Crippen molar-refractivity contribution >= 4 is 28.9 Å². The van der Waals surface area contributed by atoms with Crippen LogP contribution < -0.4 is 15.4 Å². The van der Waals surface area contributed by atoms with Gasteiger partial charge in [-0.05, 0) is 30.3 Å². The maximum Gasteiger partial charge on any atom is 0.258 e. The van der Waals surface area contributed by atoms with Gasteiger partial charge in [-0.25, -0.2) is 0 Å². The number of nitrogens with two attached hydrogens (primary N) is 1. The summed E-state index contributed by atoms with van der Waals surface area (Å²) in [5.41, 5.74) is 7.42. The fourth-order valence-corrected chi connectivity index (χ4v) is 2.38. The van der Waals surface area contributed by atoms with Gasteiger partial charge in [0.2, 0.25) is 0 Å². The second kappa shape index (κ2) is 5.06. The third kappa shape index (κ3) is 2.18. The molecule has 1 heterocycles. The van der Waals surface area contributed by atoms with Crippen LogP contribution >= 0.6 is 11.6 Å². The number of rotatable bonds is 1. The van der Waals surface area contributed by atoms with Gasteiger partial charge in [-0.2, -0.15) is 0 Å². The summed E-state index contributed by atoms with van der Waals surface area (Å²) < 4.78 is 5.54. The van der Waals surface area contributed by atoms with Crippen LogP contribution in [0.3, 0.4) is 0 Å². The lowest BCUT2D eigenvalue weighted by molar-refractivity contribution is 0.0976. The summed E-state index contributed by atoms with van der Waals surface area (Å²) >= 11 is 5.98. The number of hydrogen-bond donors (Lipinski definition) is 1. The Kier molecular flexibility index (Phi) is 3.24. The molecule has 1 aliphatic rings. The number of halogens is 1. The average Bonchev–Trinajstić information content (AvgIpc) is 2.49. The van der Waals surface area contributed by atoms with E-state index < -0.39 is 0 Å². The van der Waals surface area contributed by atoms with Crippen LogP contribution in [0.5, 0.6) is 5.75 Å². The van der Waals surface area contributed by atoms with Gasteiger partial charge in [0, 0.05) is 5.56 Å². The Balaban J connectivity index is 1.97. The summed E-state index contributed by atoms with van der Waals surface area (Å²) in [5.74, 6) is 0.608. The van der Waals surface area contributed by atoms with Crippen LogP contribution in [0.2, 0.25) is 5.02 Å². The van der Waals surface area contributed by atoms with Crippen molar-refractivity contribution in [1.82, 2.24) is 0 Å². The SMILES string of the molecule is Nc1ccc(C(=O)N2CCOc3ccccc32)cc1Cl. The van der Waals surface area contributed by atoms with Gasteiger partial charge < -0.3 is 15.4 Å². The monoisotopic (exact) mass is 288 g/mol. The number of carbonyl (C=O) groups excluding carboxylic acids is 1. The van der Waals surface area contributed by atoms with Gasteiger partial charge in [0.15, 0.2) is 0 Å². The lowest BCUT2D eigenvalue weighted by Gasteiger charge is -2.29. The molecule has 0 bridgehead atoms. The molecule has 5 heteroatoms. The van der Waals surface area contributed by atoms with E-state index in [0.29, 0.717) is 35.2 Å². The number of hydrogen-bond acceptors (Lipinski definition) is 3. The second-order valence-electron chi connectivity index (χ2n) is 4.51. The second-order valence-corrected chi connectivity index (χ2v) is 4.92. The quantitative estimate of drug-likeness (QED) is 0.821. The van der Waals surface area contributed by atoms with Crippen molar-refractivity contribution in [2.75, 3.05) is 23.8 Å². The molecule has 0 spiro atoms. The number of amides is 1. The third-order valence-corrected chi connectivity index (χ3v) is 3.55. The molecule has 20 heavy (non-hydrogen) atoms. The fourth-order valence-electron chi connectivity index (χ4n) is 2.20. The van der Waals surface area contributed by atoms with Gasteiger partial charge in [0.05, 0.1) is 22.9 Å². The van der Waals surface area contributed by atoms with Crippen molar-refractivity contribution in [2.24, 2.45) is 0 Å². The molecule has 0 atom stereocenters. The normalized spacial score (nSPS) is 13.6. The molecule has 0 radical (unpaired) electrons. The number of carbonyl (C=O) groups is 1. The molecular formula is C15H13ClN2O2. The topological polar surface area (TPSA) is 55.6 Å². The molecule has 1 aliphatic heterocycles. The van der Waals surface area contributed by atoms with Gasteiger partial charge in [-0.1, -0.05) is 23.7 Å². The Morgan fingerprint density at radius 1 is 1.25 bits per heavy atom. The van der Waals surface area contributed by atoms with Gasteiger partial charge >= 0.3 is 0 Å². The van der Waals surface area contributed by atoms with E-state index in [0.717, 1.165) is 5.69 Å². The predicted molar refractivity (Wildman–Crippen MR) is 79.5 cm³/mol. The summed E-state index contributed by atoms with van der Waals surface area (Å²) in [6.07, 6.45) is 0. The summed E-state index contributed by atoms with van der Waals surface area (Å²) in [6.45, 7) is 0.989. The molecule has 0 saturated heterocycles. The summed E-state index contributed by atoms with van der Waals surface area (Å²) in [4.78, 5) is 14.3. The highest BCUT2D eigenvalue weighted by atomic mass is 35.5. The Bertz CT molecular complexity index is 673. The minimum atomic E-state index is -0.109. The molecule has 102 valence electrons. The Morgan fingerprint density at radius 2 is 2.05 bits per heavy atom. The molecule has 0 aromatic heterocycles. The number of anilines is 2. The summed E-state index contributed by atoms with van der Waals surface area (Å²) in [6, 6.07) is 12.4. The van der Waals surface area contributed by atoms with Crippen LogP contribution in [0.4, 0.5) is 11.4 Å². The van der Waals surface area contributed by atoms with Gasteiger partial charge in [-0.15, -0.1) is 0 Å². The summed E-state index contributed by atoms with van der Waals surface area (Å²) in [7, 11) is 0. The number of benzene rings is 2. The van der Waals surface area contributed by atoms with E-state index in [-0.39, 0.29) is 5.91 Å². The minimum Gasteiger partial charge on any atom is -0.490 e. The van der Waals surface area contributed by atoms with Crippen molar-refractivity contribution in [3.8, 4) is 5.75 Å². The molecule has 0 fully saturated rings. The van der Waals surface area contributed by atoms with Gasteiger partial charge in [0.25, 0.3) is 5.91 Å². The maximum absolute atomic E-state index is 12.6. The molecule has 0 saturated carbocycles. The lowest BCUT2D eigenvalue weighted by atomic mass is 10.1. The van der Waals surface area contributed by atoms with E-state index in [1.54, 1.807) is 23.1 Å². The molecule has 1 amide bonds. The molecule has 2 aromatic carbocycles. The van der Waals surface area contributed by atoms with Crippen LogP contribution in [0.1, 0.15) is 10.4 Å². The Hall–Kier alpha value is -2.20. The van der Waals surface area contributed by atoms with Crippen LogP contribution in [0.15, 0.2) is 42.5 Å². The number of nitrogens with zero attached hydrogens (tertiary/aromatic N) is 1. The maximum atomic E-state index is 12.6. The van der Waals surface area contributed by atoms with Crippen molar-refractivity contribution in [3.05, 3.63) is 53.1 Å². The standard InChI is InChI=1S/C15H13ClN2O2/c16-11-9-10(5-6-12(11)17)15(19)18-7-8-20-14-4-2-1-3-13(14)18/h1-6,9H,7-8,17H2. The van der Waals surface area contributed by atoms with Gasteiger partial charge in [-0.3, -0.25) is 4.79 Å². The minimum absolute atomic E-state index is 0.109. The van der Waals surface area contributed by atoms with E-state index in [4.69, 9.17) is 22.1 Å². The highest BCUT2D eigenvalue weighted by Gasteiger charge is 2.24. The van der Waals surface area contributed by atoms with Crippen LogP contribution in [0, 0.1) is 0 Å². The highest BCUT2D eigenvalue weighted by Crippen LogP contribution is 2.32. The zero-order valence-electron chi connectivity index (χ0n) is 10.7. The third-order valence-electron chi connectivity index (χ3n) is 3.22. The molecular weight excluding hydrogens is 276 g/mol. The first kappa shape index (κ1) is 12.8. The van der Waals surface area contributed by atoms with E-state index in [1.165, 1.54) is 0 Å². The smallest absolute Gasteiger partial charge is 0.258 e. The first-order valence-corrected chi connectivity index (χ1v) is 6.63. The number of nitrogen functional groups attached to an aromatic ring is 1. The average molecular weight is 289 g/mol. The van der Waals surface area contributed by atoms with Crippen molar-refractivity contribution < 1.29 is 9.53 Å². The van der Waals surface area contributed by atoms with Crippen LogP contribution in [0.25, 0.3) is 0 Å². The molecule has 4 nitrogen and oxygen atoms in total. The first-order valence-electron chi connectivity index (χ1n) is 6.25. The molecule has 3 rings (SSSR count). The van der Waals surface area contributed by atoms with E-state index >= 15 is 0 Å². The van der Waals surface area contributed by atoms with E-state index in [2.05, 4.69) is 0 Å². The molecule has 2 aromatic rings. The highest BCUT2D eigenvalue weighted by molar-refractivity contribution is 6.33.